The van der Waals surface area contributed by atoms with Gasteiger partial charge in [0.1, 0.15) is 17.6 Å². The summed E-state index contributed by atoms with van der Waals surface area (Å²) in [5, 5.41) is 3.29. The molecule has 0 atom stereocenters. The molecule has 0 aliphatic rings. The van der Waals surface area contributed by atoms with Crippen LogP contribution in [-0.2, 0) is 4.79 Å². The molecule has 1 heterocycles. The van der Waals surface area contributed by atoms with Gasteiger partial charge in [0, 0.05) is 11.8 Å². The molecule has 0 aliphatic carbocycles. The Kier molecular flexibility index (Phi) is 5.35. The van der Waals surface area contributed by atoms with Crippen LogP contribution in [0.5, 0.6) is 5.75 Å². The van der Waals surface area contributed by atoms with Crippen molar-refractivity contribution < 1.29 is 13.9 Å². The summed E-state index contributed by atoms with van der Waals surface area (Å²) in [5.41, 5.74) is 4.49. The predicted molar refractivity (Wildman–Crippen MR) is 118 cm³/mol. The Hall–Kier alpha value is -3.86. The molecule has 30 heavy (non-hydrogen) atoms. The van der Waals surface area contributed by atoms with E-state index >= 15 is 0 Å². The molecule has 4 aromatic rings. The maximum Gasteiger partial charge on any atom is 0.262 e. The van der Waals surface area contributed by atoms with Gasteiger partial charge in [-0.25, -0.2) is 0 Å². The second-order valence-electron chi connectivity index (χ2n) is 7.22. The van der Waals surface area contributed by atoms with E-state index < -0.39 is 0 Å². The summed E-state index contributed by atoms with van der Waals surface area (Å²) in [5.74, 6) is 0.189. The zero-order chi connectivity index (χ0) is 21.1. The van der Waals surface area contributed by atoms with E-state index in [9.17, 15) is 9.59 Å². The molecule has 0 bridgehead atoms. The van der Waals surface area contributed by atoms with Crippen molar-refractivity contribution in [1.29, 1.82) is 0 Å². The van der Waals surface area contributed by atoms with Gasteiger partial charge in [-0.1, -0.05) is 36.4 Å². The first kappa shape index (κ1) is 19.5. The number of hydrogen-bond donors (Lipinski definition) is 1. The van der Waals surface area contributed by atoms with Crippen LogP contribution in [0.25, 0.3) is 22.1 Å². The van der Waals surface area contributed by atoms with Gasteiger partial charge in [0.25, 0.3) is 5.91 Å². The molecule has 0 saturated carbocycles. The summed E-state index contributed by atoms with van der Waals surface area (Å²) in [6.45, 7) is 3.81. The molecule has 1 N–H and O–H groups in total. The van der Waals surface area contributed by atoms with E-state index in [4.69, 9.17) is 9.15 Å². The van der Waals surface area contributed by atoms with Crippen molar-refractivity contribution in [3.8, 4) is 16.9 Å². The van der Waals surface area contributed by atoms with E-state index in [1.807, 2.05) is 62.4 Å². The average molecular weight is 399 g/mol. The van der Waals surface area contributed by atoms with Crippen molar-refractivity contribution in [3.05, 3.63) is 94.3 Å². The molecule has 4 rings (SSSR count). The second-order valence-corrected chi connectivity index (χ2v) is 7.22. The standard InChI is InChI=1S/C25H21NO4/c1-16-10-17(2)12-19(11-16)26-24(27)15-29-20-8-9-21-23(13-20)30-14-22(25(21)28)18-6-4-3-5-7-18/h3-14H,15H2,1-2H3,(H,26,27). The first-order valence-corrected chi connectivity index (χ1v) is 9.61. The fraction of sp³-hybridized carbons (Fsp3) is 0.120. The van der Waals surface area contributed by atoms with Gasteiger partial charge in [0.05, 0.1) is 10.9 Å². The van der Waals surface area contributed by atoms with Gasteiger partial charge in [-0.05, 0) is 54.8 Å². The monoisotopic (exact) mass is 399 g/mol. The van der Waals surface area contributed by atoms with Crippen LogP contribution < -0.4 is 15.5 Å². The van der Waals surface area contributed by atoms with E-state index in [0.29, 0.717) is 22.3 Å². The summed E-state index contributed by atoms with van der Waals surface area (Å²) in [4.78, 5) is 25.0. The zero-order valence-corrected chi connectivity index (χ0v) is 16.8. The number of anilines is 1. The summed E-state index contributed by atoms with van der Waals surface area (Å²) >= 11 is 0. The number of carbonyl (C=O) groups is 1. The molecule has 0 spiro atoms. The van der Waals surface area contributed by atoms with Gasteiger partial charge in [0.15, 0.2) is 12.0 Å². The van der Waals surface area contributed by atoms with Crippen molar-refractivity contribution in [2.45, 2.75) is 13.8 Å². The van der Waals surface area contributed by atoms with Crippen LogP contribution in [0.1, 0.15) is 11.1 Å². The molecule has 1 amide bonds. The van der Waals surface area contributed by atoms with Crippen LogP contribution in [0.15, 0.2) is 82.2 Å². The minimum atomic E-state index is -0.263. The minimum Gasteiger partial charge on any atom is -0.484 e. The maximum atomic E-state index is 12.8. The van der Waals surface area contributed by atoms with Crippen molar-refractivity contribution in [2.75, 3.05) is 11.9 Å². The predicted octanol–water partition coefficient (Wildman–Crippen LogP) is 5.09. The van der Waals surface area contributed by atoms with Crippen LogP contribution in [0.4, 0.5) is 5.69 Å². The van der Waals surface area contributed by atoms with Gasteiger partial charge in [-0.15, -0.1) is 0 Å². The number of amides is 1. The maximum absolute atomic E-state index is 12.8. The van der Waals surface area contributed by atoms with Gasteiger partial charge in [-0.3, -0.25) is 9.59 Å². The van der Waals surface area contributed by atoms with Crippen LogP contribution in [0.3, 0.4) is 0 Å². The van der Waals surface area contributed by atoms with Crippen LogP contribution in [-0.4, -0.2) is 12.5 Å². The normalized spacial score (nSPS) is 10.7. The summed E-state index contributed by atoms with van der Waals surface area (Å²) in [6, 6.07) is 20.2. The molecule has 0 aliphatic heterocycles. The number of aryl methyl sites for hydroxylation is 2. The van der Waals surface area contributed by atoms with Crippen LogP contribution >= 0.6 is 0 Å². The van der Waals surface area contributed by atoms with Gasteiger partial charge in [0.2, 0.25) is 0 Å². The third-order valence-corrected chi connectivity index (χ3v) is 4.71. The zero-order valence-electron chi connectivity index (χ0n) is 16.8. The SMILES string of the molecule is Cc1cc(C)cc(NC(=O)COc2ccc3c(=O)c(-c4ccccc4)coc3c2)c1. The number of carbonyl (C=O) groups excluding carboxylic acids is 1. The molecule has 0 unspecified atom stereocenters. The molecule has 5 nitrogen and oxygen atoms in total. The highest BCUT2D eigenvalue weighted by molar-refractivity contribution is 5.92. The Morgan fingerprint density at radius 1 is 0.967 bits per heavy atom. The van der Waals surface area contributed by atoms with Crippen LogP contribution in [0, 0.1) is 13.8 Å². The minimum absolute atomic E-state index is 0.110. The Morgan fingerprint density at radius 3 is 2.43 bits per heavy atom. The van der Waals surface area contributed by atoms with Gasteiger partial charge in [-0.2, -0.15) is 0 Å². The smallest absolute Gasteiger partial charge is 0.262 e. The molecular weight excluding hydrogens is 378 g/mol. The number of fused-ring (bicyclic) bond motifs is 1. The third-order valence-electron chi connectivity index (χ3n) is 4.71. The fourth-order valence-corrected chi connectivity index (χ4v) is 3.41. The number of hydrogen-bond acceptors (Lipinski definition) is 4. The molecule has 1 aromatic heterocycles. The fourth-order valence-electron chi connectivity index (χ4n) is 3.41. The highest BCUT2D eigenvalue weighted by Crippen LogP contribution is 2.23. The number of benzene rings is 3. The van der Waals surface area contributed by atoms with Gasteiger partial charge >= 0.3 is 0 Å². The lowest BCUT2D eigenvalue weighted by Gasteiger charge is -2.10. The van der Waals surface area contributed by atoms with Crippen molar-refractivity contribution in [2.24, 2.45) is 0 Å². The Morgan fingerprint density at radius 2 is 1.70 bits per heavy atom. The van der Waals surface area contributed by atoms with Crippen LogP contribution in [0.2, 0.25) is 0 Å². The Balaban J connectivity index is 1.49. The number of ether oxygens (including phenoxy) is 1. The summed E-state index contributed by atoms with van der Waals surface area (Å²) in [7, 11) is 0. The van der Waals surface area contributed by atoms with E-state index in [-0.39, 0.29) is 17.9 Å². The van der Waals surface area contributed by atoms with E-state index in [1.165, 1.54) is 6.26 Å². The largest absolute Gasteiger partial charge is 0.484 e. The number of nitrogens with one attached hydrogen (secondary N) is 1. The first-order valence-electron chi connectivity index (χ1n) is 9.61. The molecule has 150 valence electrons. The molecular formula is C25H21NO4. The molecule has 0 fully saturated rings. The van der Waals surface area contributed by atoms with Crippen molar-refractivity contribution >= 4 is 22.6 Å². The lowest BCUT2D eigenvalue weighted by Crippen LogP contribution is -2.20. The van der Waals surface area contributed by atoms with E-state index in [0.717, 1.165) is 22.4 Å². The number of rotatable bonds is 5. The third kappa shape index (κ3) is 4.25. The Bertz CT molecular complexity index is 1260. The van der Waals surface area contributed by atoms with Crippen molar-refractivity contribution in [1.82, 2.24) is 0 Å². The average Bonchev–Trinajstić information content (AvgIpc) is 2.72. The molecule has 5 heteroatoms. The molecule has 0 saturated heterocycles. The highest BCUT2D eigenvalue weighted by Gasteiger charge is 2.11. The van der Waals surface area contributed by atoms with Gasteiger partial charge < -0.3 is 14.5 Å². The first-order chi connectivity index (χ1) is 14.5. The lowest BCUT2D eigenvalue weighted by molar-refractivity contribution is -0.118. The van der Waals surface area contributed by atoms with Crippen molar-refractivity contribution in [3.63, 3.8) is 0 Å². The lowest BCUT2D eigenvalue weighted by atomic mass is 10.1. The Labute approximate surface area is 173 Å². The molecule has 3 aromatic carbocycles. The van der Waals surface area contributed by atoms with E-state index in [1.54, 1.807) is 18.2 Å². The summed E-state index contributed by atoms with van der Waals surface area (Å²) < 4.78 is 11.3. The van der Waals surface area contributed by atoms with E-state index in [2.05, 4.69) is 5.32 Å². The topological polar surface area (TPSA) is 68.5 Å². The summed E-state index contributed by atoms with van der Waals surface area (Å²) in [6.07, 6.45) is 1.45. The second kappa shape index (κ2) is 8.25. The molecule has 0 radical (unpaired) electrons. The quantitative estimate of drug-likeness (QED) is 0.507. The highest BCUT2D eigenvalue weighted by atomic mass is 16.5.